The molecular weight excluding hydrogens is 244 g/mol. The maximum atomic E-state index is 3.79. The van der Waals surface area contributed by atoms with Gasteiger partial charge in [-0.05, 0) is 57.5 Å². The summed E-state index contributed by atoms with van der Waals surface area (Å²) in [6.45, 7) is 9.46. The van der Waals surface area contributed by atoms with Gasteiger partial charge < -0.3 is 5.32 Å². The van der Waals surface area contributed by atoms with Crippen LogP contribution in [0.1, 0.15) is 78.6 Å². The first-order valence-corrected chi connectivity index (χ1v) is 9.30. The molecule has 0 aromatic carbocycles. The van der Waals surface area contributed by atoms with Gasteiger partial charge in [-0.2, -0.15) is 0 Å². The number of likely N-dealkylation sites (tertiary alicyclic amines) is 1. The summed E-state index contributed by atoms with van der Waals surface area (Å²) in [5, 5.41) is 3.79. The Morgan fingerprint density at radius 3 is 2.50 bits per heavy atom. The van der Waals surface area contributed by atoms with Crippen LogP contribution >= 0.6 is 0 Å². The van der Waals surface area contributed by atoms with Gasteiger partial charge in [0.25, 0.3) is 0 Å². The third-order valence-electron chi connectivity index (χ3n) is 5.66. The summed E-state index contributed by atoms with van der Waals surface area (Å²) in [5.41, 5.74) is 0. The molecule has 0 spiro atoms. The van der Waals surface area contributed by atoms with Gasteiger partial charge in [0, 0.05) is 18.1 Å². The number of hydrogen-bond donors (Lipinski definition) is 1. The van der Waals surface area contributed by atoms with Gasteiger partial charge in [-0.3, -0.25) is 4.90 Å². The Morgan fingerprint density at radius 2 is 1.80 bits per heavy atom. The van der Waals surface area contributed by atoms with E-state index in [1.54, 1.807) is 0 Å². The van der Waals surface area contributed by atoms with Crippen molar-refractivity contribution in [1.82, 2.24) is 10.2 Å². The van der Waals surface area contributed by atoms with Gasteiger partial charge in [-0.25, -0.2) is 0 Å². The van der Waals surface area contributed by atoms with E-state index in [2.05, 4.69) is 31.0 Å². The molecule has 0 bridgehead atoms. The van der Waals surface area contributed by atoms with Crippen molar-refractivity contribution in [1.29, 1.82) is 0 Å². The molecule has 2 aliphatic rings. The van der Waals surface area contributed by atoms with Crippen LogP contribution in [0.15, 0.2) is 0 Å². The van der Waals surface area contributed by atoms with E-state index in [-0.39, 0.29) is 0 Å². The van der Waals surface area contributed by atoms with Gasteiger partial charge in [0.2, 0.25) is 0 Å². The van der Waals surface area contributed by atoms with Crippen LogP contribution in [0.4, 0.5) is 0 Å². The second kappa shape index (κ2) is 8.38. The van der Waals surface area contributed by atoms with Crippen molar-refractivity contribution >= 4 is 0 Å². The van der Waals surface area contributed by atoms with E-state index in [1.165, 1.54) is 64.3 Å². The van der Waals surface area contributed by atoms with Crippen LogP contribution in [0.2, 0.25) is 0 Å². The summed E-state index contributed by atoms with van der Waals surface area (Å²) in [5.74, 6) is 1.01. The van der Waals surface area contributed by atoms with Crippen LogP contribution in [-0.4, -0.2) is 36.1 Å². The van der Waals surface area contributed by atoms with Gasteiger partial charge in [0.1, 0.15) is 0 Å². The monoisotopic (exact) mass is 280 g/mol. The largest absolute Gasteiger partial charge is 0.313 e. The molecule has 1 N–H and O–H groups in total. The summed E-state index contributed by atoms with van der Waals surface area (Å²) in [6.07, 6.45) is 12.8. The summed E-state index contributed by atoms with van der Waals surface area (Å²) >= 11 is 0. The second-order valence-electron chi connectivity index (χ2n) is 6.92. The third kappa shape index (κ3) is 3.76. The molecule has 4 unspecified atom stereocenters. The third-order valence-corrected chi connectivity index (χ3v) is 5.66. The maximum Gasteiger partial charge on any atom is 0.0249 e. The molecule has 1 saturated carbocycles. The van der Waals surface area contributed by atoms with E-state index in [9.17, 15) is 0 Å². The lowest BCUT2D eigenvalue weighted by Crippen LogP contribution is -2.57. The molecule has 0 amide bonds. The first kappa shape index (κ1) is 16.3. The minimum absolute atomic E-state index is 0.704. The van der Waals surface area contributed by atoms with Crippen LogP contribution in [0.5, 0.6) is 0 Å². The molecule has 0 aromatic heterocycles. The molecule has 2 heteroatoms. The average molecular weight is 280 g/mol. The highest BCUT2D eigenvalue weighted by Gasteiger charge is 2.38. The van der Waals surface area contributed by atoms with Crippen molar-refractivity contribution < 1.29 is 0 Å². The van der Waals surface area contributed by atoms with E-state index >= 15 is 0 Å². The van der Waals surface area contributed by atoms with E-state index in [0.717, 1.165) is 24.5 Å². The number of piperidine rings is 1. The molecule has 20 heavy (non-hydrogen) atoms. The molecule has 1 saturated heterocycles. The molecule has 4 atom stereocenters. The van der Waals surface area contributed by atoms with Crippen molar-refractivity contribution in [2.45, 2.75) is 96.7 Å². The summed E-state index contributed by atoms with van der Waals surface area (Å²) in [6, 6.07) is 2.37. The van der Waals surface area contributed by atoms with E-state index in [1.807, 2.05) is 0 Å². The molecule has 1 heterocycles. The molecule has 2 nitrogen and oxygen atoms in total. The van der Waals surface area contributed by atoms with Crippen molar-refractivity contribution in [2.75, 3.05) is 13.1 Å². The highest BCUT2D eigenvalue weighted by atomic mass is 15.2. The Hall–Kier alpha value is -0.0800. The van der Waals surface area contributed by atoms with Crippen molar-refractivity contribution in [3.63, 3.8) is 0 Å². The number of rotatable bonds is 7. The molecule has 2 fully saturated rings. The number of hydrogen-bond acceptors (Lipinski definition) is 2. The van der Waals surface area contributed by atoms with Gasteiger partial charge in [-0.1, -0.05) is 40.0 Å². The minimum atomic E-state index is 0.704. The fourth-order valence-electron chi connectivity index (χ4n) is 4.83. The second-order valence-corrected chi connectivity index (χ2v) is 6.92. The Kier molecular flexibility index (Phi) is 6.83. The molecular formula is C18H36N2. The van der Waals surface area contributed by atoms with Gasteiger partial charge in [0.05, 0.1) is 0 Å². The first-order chi connectivity index (χ1) is 9.81. The minimum Gasteiger partial charge on any atom is -0.313 e. The highest BCUT2D eigenvalue weighted by molar-refractivity contribution is 4.94. The van der Waals surface area contributed by atoms with Gasteiger partial charge >= 0.3 is 0 Å². The van der Waals surface area contributed by atoms with E-state index in [0.29, 0.717) is 6.04 Å². The molecule has 118 valence electrons. The fraction of sp³-hybridized carbons (Fsp3) is 1.00. The van der Waals surface area contributed by atoms with Crippen LogP contribution in [0.25, 0.3) is 0 Å². The molecule has 1 aliphatic heterocycles. The summed E-state index contributed by atoms with van der Waals surface area (Å²) < 4.78 is 0. The van der Waals surface area contributed by atoms with Crippen molar-refractivity contribution in [2.24, 2.45) is 5.92 Å². The molecule has 0 radical (unpaired) electrons. The van der Waals surface area contributed by atoms with E-state index in [4.69, 9.17) is 0 Å². The van der Waals surface area contributed by atoms with Crippen molar-refractivity contribution in [3.8, 4) is 0 Å². The Labute approximate surface area is 126 Å². The molecule has 0 aromatic rings. The first-order valence-electron chi connectivity index (χ1n) is 9.30. The zero-order chi connectivity index (χ0) is 14.4. The standard InChI is InChI=1S/C18H36N2/c1-4-10-16(19-6-3)17(5-2)20-14-9-12-15-11-7-8-13-18(15)20/h15-19H,4-14H2,1-3H3. The van der Waals surface area contributed by atoms with Crippen LogP contribution < -0.4 is 5.32 Å². The quantitative estimate of drug-likeness (QED) is 0.752. The topological polar surface area (TPSA) is 15.3 Å². The lowest BCUT2D eigenvalue weighted by atomic mass is 9.77. The highest BCUT2D eigenvalue weighted by Crippen LogP contribution is 2.37. The van der Waals surface area contributed by atoms with E-state index < -0.39 is 0 Å². The lowest BCUT2D eigenvalue weighted by molar-refractivity contribution is 0.00971. The number of fused-ring (bicyclic) bond motifs is 1. The number of nitrogens with zero attached hydrogens (tertiary/aromatic N) is 1. The van der Waals surface area contributed by atoms with Crippen LogP contribution in [-0.2, 0) is 0 Å². The SMILES string of the molecule is CCCC(NCC)C(CC)N1CCCC2CCCCC21. The maximum absolute atomic E-state index is 3.79. The normalized spacial score (nSPS) is 30.8. The number of likely N-dealkylation sites (N-methyl/N-ethyl adjacent to an activating group) is 1. The van der Waals surface area contributed by atoms with Crippen LogP contribution in [0.3, 0.4) is 0 Å². The average Bonchev–Trinajstić information content (AvgIpc) is 2.49. The van der Waals surface area contributed by atoms with Crippen molar-refractivity contribution in [3.05, 3.63) is 0 Å². The van der Waals surface area contributed by atoms with Gasteiger partial charge in [0.15, 0.2) is 0 Å². The zero-order valence-corrected chi connectivity index (χ0v) is 14.0. The smallest absolute Gasteiger partial charge is 0.0249 e. The predicted molar refractivity (Wildman–Crippen MR) is 88.1 cm³/mol. The zero-order valence-electron chi connectivity index (χ0n) is 14.0. The van der Waals surface area contributed by atoms with Crippen LogP contribution in [0, 0.1) is 5.92 Å². The molecule has 2 rings (SSSR count). The predicted octanol–water partition coefficient (Wildman–Crippen LogP) is 4.20. The Bertz CT molecular complexity index is 258. The Balaban J connectivity index is 2.06. The summed E-state index contributed by atoms with van der Waals surface area (Å²) in [4.78, 5) is 2.93. The lowest BCUT2D eigenvalue weighted by Gasteiger charge is -2.49. The van der Waals surface area contributed by atoms with Gasteiger partial charge in [-0.15, -0.1) is 0 Å². The Morgan fingerprint density at radius 1 is 1.05 bits per heavy atom. The summed E-state index contributed by atoms with van der Waals surface area (Å²) in [7, 11) is 0. The molecule has 1 aliphatic carbocycles. The number of nitrogens with one attached hydrogen (secondary N) is 1. The fourth-order valence-corrected chi connectivity index (χ4v) is 4.83.